The molecule has 1 aliphatic heterocycles. The average Bonchev–Trinajstić information content (AvgIpc) is 3.44. The summed E-state index contributed by atoms with van der Waals surface area (Å²) in [5.74, 6) is 0. The smallest absolute Gasteiger partial charge is 0.104 e. The number of hydrogen-bond donors (Lipinski definition) is 1. The van der Waals surface area contributed by atoms with Gasteiger partial charge in [-0.25, -0.2) is 4.68 Å². The summed E-state index contributed by atoms with van der Waals surface area (Å²) in [7, 11) is 1.79. The molecular formula is C21H26N4OS. The highest BCUT2D eigenvalue weighted by Gasteiger charge is 2.21. The van der Waals surface area contributed by atoms with Gasteiger partial charge in [0, 0.05) is 55.7 Å². The van der Waals surface area contributed by atoms with Crippen LogP contribution in [-0.2, 0) is 4.74 Å². The quantitative estimate of drug-likeness (QED) is 0.673. The molecule has 0 amide bonds. The lowest BCUT2D eigenvalue weighted by atomic mass is 10.0. The number of methoxy groups -OCH3 is 1. The van der Waals surface area contributed by atoms with Crippen molar-refractivity contribution in [2.24, 2.45) is 0 Å². The second-order valence-electron chi connectivity index (χ2n) is 6.88. The third-order valence-electron chi connectivity index (χ3n) is 5.20. The SMILES string of the molecule is COC(CNC1CCN(c2cccc(-n3cccn3)c2)CC1)c1cccs1. The van der Waals surface area contributed by atoms with Crippen LogP contribution in [0.2, 0.25) is 0 Å². The number of nitrogens with one attached hydrogen (secondary N) is 1. The van der Waals surface area contributed by atoms with Gasteiger partial charge >= 0.3 is 0 Å². The van der Waals surface area contributed by atoms with Crippen LogP contribution in [0.3, 0.4) is 0 Å². The molecule has 5 nitrogen and oxygen atoms in total. The molecule has 0 bridgehead atoms. The summed E-state index contributed by atoms with van der Waals surface area (Å²) in [5.41, 5.74) is 2.38. The van der Waals surface area contributed by atoms with E-state index in [1.807, 2.05) is 23.1 Å². The molecule has 1 unspecified atom stereocenters. The minimum atomic E-state index is 0.147. The van der Waals surface area contributed by atoms with E-state index in [-0.39, 0.29) is 6.10 Å². The van der Waals surface area contributed by atoms with Crippen molar-refractivity contribution in [1.29, 1.82) is 0 Å². The maximum absolute atomic E-state index is 5.65. The highest BCUT2D eigenvalue weighted by atomic mass is 32.1. The summed E-state index contributed by atoms with van der Waals surface area (Å²) in [5, 5.41) is 10.1. The molecule has 1 aliphatic rings. The molecule has 142 valence electrons. The van der Waals surface area contributed by atoms with Crippen molar-refractivity contribution in [1.82, 2.24) is 15.1 Å². The van der Waals surface area contributed by atoms with Gasteiger partial charge in [0.25, 0.3) is 0 Å². The Morgan fingerprint density at radius 3 is 2.74 bits per heavy atom. The van der Waals surface area contributed by atoms with Crippen molar-refractivity contribution in [2.75, 3.05) is 31.6 Å². The normalized spacial score (nSPS) is 16.6. The molecule has 0 spiro atoms. The van der Waals surface area contributed by atoms with E-state index in [9.17, 15) is 0 Å². The minimum absolute atomic E-state index is 0.147. The van der Waals surface area contributed by atoms with Gasteiger partial charge in [-0.05, 0) is 48.6 Å². The number of thiophene rings is 1. The van der Waals surface area contributed by atoms with E-state index in [1.165, 1.54) is 10.6 Å². The Hall–Kier alpha value is -2.15. The van der Waals surface area contributed by atoms with E-state index in [0.717, 1.165) is 38.2 Å². The molecule has 4 rings (SSSR count). The summed E-state index contributed by atoms with van der Waals surface area (Å²) in [6.45, 7) is 3.00. The van der Waals surface area contributed by atoms with Crippen LogP contribution in [-0.4, -0.2) is 42.6 Å². The van der Waals surface area contributed by atoms with Crippen molar-refractivity contribution >= 4 is 17.0 Å². The predicted molar refractivity (Wildman–Crippen MR) is 111 cm³/mol. The first kappa shape index (κ1) is 18.2. The minimum Gasteiger partial charge on any atom is -0.375 e. The molecule has 1 fully saturated rings. The number of piperidine rings is 1. The Balaban J connectivity index is 1.31. The fourth-order valence-corrected chi connectivity index (χ4v) is 4.45. The Kier molecular flexibility index (Phi) is 5.87. The highest BCUT2D eigenvalue weighted by molar-refractivity contribution is 7.10. The molecule has 1 aromatic carbocycles. The lowest BCUT2D eigenvalue weighted by Crippen LogP contribution is -2.43. The zero-order valence-electron chi connectivity index (χ0n) is 15.6. The number of rotatable bonds is 7. The van der Waals surface area contributed by atoms with Crippen LogP contribution in [0.25, 0.3) is 5.69 Å². The predicted octanol–water partition coefficient (Wildman–Crippen LogP) is 3.88. The van der Waals surface area contributed by atoms with Crippen LogP contribution in [0.15, 0.2) is 60.2 Å². The first-order chi connectivity index (χ1) is 13.3. The van der Waals surface area contributed by atoms with Crippen LogP contribution in [0.4, 0.5) is 5.69 Å². The summed E-state index contributed by atoms with van der Waals surface area (Å²) < 4.78 is 7.56. The number of aromatic nitrogens is 2. The standard InChI is InChI=1S/C21H26N4OS/c1-26-20(21-7-3-14-27-21)16-22-17-8-12-24(13-9-17)18-5-2-6-19(15-18)25-11-4-10-23-25/h2-7,10-11,14-15,17,20,22H,8-9,12-13,16H2,1H3. The van der Waals surface area contributed by atoms with Gasteiger partial charge in [0.05, 0.1) is 5.69 Å². The topological polar surface area (TPSA) is 42.3 Å². The molecule has 3 aromatic rings. The number of anilines is 1. The lowest BCUT2D eigenvalue weighted by molar-refractivity contribution is 0.101. The Morgan fingerprint density at radius 1 is 1.19 bits per heavy atom. The molecule has 0 saturated carbocycles. The molecule has 1 saturated heterocycles. The highest BCUT2D eigenvalue weighted by Crippen LogP contribution is 2.24. The van der Waals surface area contributed by atoms with Crippen LogP contribution in [0.5, 0.6) is 0 Å². The molecule has 0 radical (unpaired) electrons. The van der Waals surface area contributed by atoms with Gasteiger partial charge in [0.1, 0.15) is 6.10 Å². The molecule has 6 heteroatoms. The van der Waals surface area contributed by atoms with Crippen LogP contribution < -0.4 is 10.2 Å². The fourth-order valence-electron chi connectivity index (χ4n) is 3.64. The fraction of sp³-hybridized carbons (Fsp3) is 0.381. The monoisotopic (exact) mass is 382 g/mol. The number of hydrogen-bond acceptors (Lipinski definition) is 5. The van der Waals surface area contributed by atoms with Crippen molar-refractivity contribution in [3.63, 3.8) is 0 Å². The van der Waals surface area contributed by atoms with Gasteiger partial charge < -0.3 is 15.0 Å². The number of nitrogens with zero attached hydrogens (tertiary/aromatic N) is 3. The molecule has 3 heterocycles. The first-order valence-corrected chi connectivity index (χ1v) is 10.4. The van der Waals surface area contributed by atoms with Gasteiger partial charge in [0.15, 0.2) is 0 Å². The third kappa shape index (κ3) is 4.40. The van der Waals surface area contributed by atoms with Crippen molar-refractivity contribution in [3.05, 3.63) is 65.1 Å². The van der Waals surface area contributed by atoms with Crippen LogP contribution in [0, 0.1) is 0 Å². The summed E-state index contributed by atoms with van der Waals surface area (Å²) in [4.78, 5) is 3.76. The molecule has 2 aromatic heterocycles. The maximum atomic E-state index is 5.65. The van der Waals surface area contributed by atoms with E-state index >= 15 is 0 Å². The van der Waals surface area contributed by atoms with E-state index in [4.69, 9.17) is 4.74 Å². The van der Waals surface area contributed by atoms with Crippen LogP contribution >= 0.6 is 11.3 Å². The van der Waals surface area contributed by atoms with Crippen molar-refractivity contribution in [3.8, 4) is 5.69 Å². The Morgan fingerprint density at radius 2 is 2.04 bits per heavy atom. The third-order valence-corrected chi connectivity index (χ3v) is 6.16. The van der Waals surface area contributed by atoms with Gasteiger partial charge in [-0.3, -0.25) is 0 Å². The zero-order chi connectivity index (χ0) is 18.5. The van der Waals surface area contributed by atoms with Gasteiger partial charge in [-0.15, -0.1) is 11.3 Å². The second kappa shape index (κ2) is 8.69. The first-order valence-electron chi connectivity index (χ1n) is 9.48. The lowest BCUT2D eigenvalue weighted by Gasteiger charge is -2.34. The molecule has 1 atom stereocenters. The van der Waals surface area contributed by atoms with Crippen LogP contribution in [0.1, 0.15) is 23.8 Å². The summed E-state index contributed by atoms with van der Waals surface area (Å²) in [6.07, 6.45) is 6.23. The maximum Gasteiger partial charge on any atom is 0.104 e. The molecule has 1 N–H and O–H groups in total. The Bertz CT molecular complexity index is 811. The number of ether oxygens (including phenoxy) is 1. The molecular weight excluding hydrogens is 356 g/mol. The summed E-state index contributed by atoms with van der Waals surface area (Å²) >= 11 is 1.76. The van der Waals surface area contributed by atoms with Gasteiger partial charge in [0.2, 0.25) is 0 Å². The Labute approximate surface area is 164 Å². The summed E-state index contributed by atoms with van der Waals surface area (Å²) in [6, 6.07) is 15.4. The van der Waals surface area contributed by atoms with Gasteiger partial charge in [-0.1, -0.05) is 12.1 Å². The average molecular weight is 383 g/mol. The largest absolute Gasteiger partial charge is 0.375 e. The van der Waals surface area contributed by atoms with E-state index in [2.05, 4.69) is 57.1 Å². The van der Waals surface area contributed by atoms with E-state index in [0.29, 0.717) is 6.04 Å². The van der Waals surface area contributed by atoms with E-state index < -0.39 is 0 Å². The van der Waals surface area contributed by atoms with E-state index in [1.54, 1.807) is 18.4 Å². The van der Waals surface area contributed by atoms with Crippen molar-refractivity contribution < 1.29 is 4.74 Å². The molecule has 0 aliphatic carbocycles. The second-order valence-corrected chi connectivity index (χ2v) is 7.86. The molecule has 27 heavy (non-hydrogen) atoms. The van der Waals surface area contributed by atoms with Crippen molar-refractivity contribution in [2.45, 2.75) is 25.0 Å². The zero-order valence-corrected chi connectivity index (χ0v) is 16.4. The van der Waals surface area contributed by atoms with Gasteiger partial charge in [-0.2, -0.15) is 5.10 Å². The number of benzene rings is 1.